The van der Waals surface area contributed by atoms with Crippen molar-refractivity contribution in [1.82, 2.24) is 9.55 Å². The van der Waals surface area contributed by atoms with Crippen LogP contribution in [0.3, 0.4) is 0 Å². The number of aryl methyl sites for hydroxylation is 6. The quantitative estimate of drug-likeness (QED) is 0.160. The maximum Gasteiger partial charge on any atom is 0.137 e. The maximum absolute atomic E-state index is 6.94. The fraction of sp³-hybridized carbons (Fsp3) is 0.305. The summed E-state index contributed by atoms with van der Waals surface area (Å²) in [5.41, 5.74) is 19.6. The van der Waals surface area contributed by atoms with E-state index in [1.54, 1.807) is 0 Å². The minimum absolute atomic E-state index is 0.0178. The van der Waals surface area contributed by atoms with Gasteiger partial charge in [0.15, 0.2) is 0 Å². The van der Waals surface area contributed by atoms with Gasteiger partial charge in [0.25, 0.3) is 0 Å². The molecular formula is C59H66N4O. The molecule has 6 aromatic carbocycles. The Morgan fingerprint density at radius 3 is 1.72 bits per heavy atom. The van der Waals surface area contributed by atoms with Gasteiger partial charge in [0.2, 0.25) is 0 Å². The van der Waals surface area contributed by atoms with Gasteiger partial charge in [-0.1, -0.05) is 122 Å². The molecule has 8 rings (SSSR count). The molecule has 0 radical (unpaired) electrons. The van der Waals surface area contributed by atoms with Crippen molar-refractivity contribution in [1.29, 1.82) is 0 Å². The first-order chi connectivity index (χ1) is 30.1. The van der Waals surface area contributed by atoms with E-state index in [9.17, 15) is 0 Å². The lowest BCUT2D eigenvalue weighted by Gasteiger charge is -2.31. The molecule has 0 unspecified atom stereocenters. The van der Waals surface area contributed by atoms with Gasteiger partial charge in [-0.3, -0.25) is 4.57 Å². The zero-order valence-corrected chi connectivity index (χ0v) is 40.8. The topological polar surface area (TPSA) is 51.1 Å². The van der Waals surface area contributed by atoms with Gasteiger partial charge in [-0.15, -0.1) is 0 Å². The van der Waals surface area contributed by atoms with Crippen LogP contribution < -0.4 is 15.4 Å². The van der Waals surface area contributed by atoms with E-state index in [4.69, 9.17) is 9.72 Å². The highest BCUT2D eigenvalue weighted by molar-refractivity contribution is 6.09. The molecule has 2 heterocycles. The molecule has 0 aliphatic rings. The Morgan fingerprint density at radius 1 is 0.484 bits per heavy atom. The third-order valence-corrected chi connectivity index (χ3v) is 12.7. The Bertz CT molecular complexity index is 3040. The van der Waals surface area contributed by atoms with Crippen LogP contribution in [0.4, 0.5) is 22.7 Å². The molecule has 0 saturated heterocycles. The van der Waals surface area contributed by atoms with Crippen LogP contribution in [-0.4, -0.2) is 9.55 Å². The Morgan fingerprint density at radius 2 is 1.08 bits per heavy atom. The van der Waals surface area contributed by atoms with Crippen LogP contribution >= 0.6 is 0 Å². The molecule has 0 spiro atoms. The van der Waals surface area contributed by atoms with Crippen LogP contribution in [0.15, 0.2) is 115 Å². The van der Waals surface area contributed by atoms with Crippen LogP contribution in [0.1, 0.15) is 112 Å². The summed E-state index contributed by atoms with van der Waals surface area (Å²) in [5.74, 6) is 2.39. The highest BCUT2D eigenvalue weighted by Gasteiger charge is 2.27. The van der Waals surface area contributed by atoms with Gasteiger partial charge in [0, 0.05) is 40.4 Å². The molecule has 2 aromatic heterocycles. The molecule has 64 heavy (non-hydrogen) atoms. The van der Waals surface area contributed by atoms with Crippen molar-refractivity contribution in [2.24, 2.45) is 0 Å². The van der Waals surface area contributed by atoms with Gasteiger partial charge in [-0.2, -0.15) is 0 Å². The summed E-state index contributed by atoms with van der Waals surface area (Å²) in [6.07, 6.45) is 1.93. The number of para-hydroxylation sites is 1. The van der Waals surface area contributed by atoms with Gasteiger partial charge < -0.3 is 15.4 Å². The van der Waals surface area contributed by atoms with Crippen molar-refractivity contribution in [3.8, 4) is 28.4 Å². The fourth-order valence-corrected chi connectivity index (χ4v) is 9.46. The summed E-state index contributed by atoms with van der Waals surface area (Å²) < 4.78 is 9.21. The summed E-state index contributed by atoms with van der Waals surface area (Å²) in [4.78, 5) is 4.92. The molecule has 2 N–H and O–H groups in total. The number of ether oxygens (including phenoxy) is 1. The second-order valence-electron chi connectivity index (χ2n) is 21.2. The van der Waals surface area contributed by atoms with Gasteiger partial charge >= 0.3 is 0 Å². The van der Waals surface area contributed by atoms with Gasteiger partial charge in [0.1, 0.15) is 17.3 Å². The predicted molar refractivity (Wildman–Crippen MR) is 274 cm³/mol. The van der Waals surface area contributed by atoms with E-state index in [1.165, 1.54) is 61.0 Å². The number of hydrogen-bond donors (Lipinski definition) is 2. The third kappa shape index (κ3) is 8.65. The van der Waals surface area contributed by atoms with E-state index in [0.29, 0.717) is 0 Å². The Hall–Kier alpha value is -6.33. The summed E-state index contributed by atoms with van der Waals surface area (Å²) in [7, 11) is 0. The molecule has 8 aromatic rings. The lowest BCUT2D eigenvalue weighted by atomic mass is 9.79. The minimum Gasteiger partial charge on any atom is -0.457 e. The lowest BCUT2D eigenvalue weighted by Crippen LogP contribution is -2.19. The molecule has 0 aliphatic carbocycles. The molecule has 5 nitrogen and oxygen atoms in total. The van der Waals surface area contributed by atoms with Crippen molar-refractivity contribution in [2.45, 2.75) is 120 Å². The largest absolute Gasteiger partial charge is 0.457 e. The van der Waals surface area contributed by atoms with E-state index < -0.39 is 0 Å². The maximum atomic E-state index is 6.94. The number of pyridine rings is 1. The van der Waals surface area contributed by atoms with Crippen LogP contribution in [0.25, 0.3) is 38.8 Å². The van der Waals surface area contributed by atoms with Crippen LogP contribution in [0.5, 0.6) is 11.5 Å². The number of aromatic nitrogens is 2. The van der Waals surface area contributed by atoms with E-state index in [2.05, 4.69) is 228 Å². The summed E-state index contributed by atoms with van der Waals surface area (Å²) in [6.45, 7) is 33.7. The van der Waals surface area contributed by atoms with Gasteiger partial charge in [0.05, 0.1) is 28.1 Å². The Labute approximate surface area is 382 Å². The molecule has 0 aliphatic heterocycles. The number of fused-ring (bicyclic) bond motifs is 3. The second kappa shape index (κ2) is 16.3. The van der Waals surface area contributed by atoms with E-state index in [-0.39, 0.29) is 16.2 Å². The molecule has 0 atom stereocenters. The van der Waals surface area contributed by atoms with Crippen molar-refractivity contribution in [3.63, 3.8) is 0 Å². The van der Waals surface area contributed by atoms with Crippen molar-refractivity contribution >= 4 is 44.6 Å². The van der Waals surface area contributed by atoms with Crippen LogP contribution in [-0.2, 0) is 16.2 Å². The zero-order valence-electron chi connectivity index (χ0n) is 40.8. The van der Waals surface area contributed by atoms with Crippen molar-refractivity contribution < 1.29 is 4.74 Å². The standard InChI is InChI=1S/C59H66N4O/c1-35-26-37(3)54(38(4)27-35)47-23-21-43(64-44-20-22-46-45-18-16-17-19-51(45)63(52(46)34-44)53-32-41(24-25-60-53)57(7,8)9)33-49(47)61-50-31-42(58(10,11)12)30-48(59(13,14)15)56(50)62-55-39(5)28-36(2)29-40(55)6/h16-34,61-62H,1-15H3. The minimum atomic E-state index is -0.158. The van der Waals surface area contributed by atoms with Crippen LogP contribution in [0, 0.1) is 41.5 Å². The summed E-state index contributed by atoms with van der Waals surface area (Å²) >= 11 is 0. The first-order valence-electron chi connectivity index (χ1n) is 22.8. The van der Waals surface area contributed by atoms with Crippen molar-refractivity contribution in [2.75, 3.05) is 10.6 Å². The highest BCUT2D eigenvalue weighted by Crippen LogP contribution is 2.46. The molecule has 0 amide bonds. The number of benzene rings is 6. The van der Waals surface area contributed by atoms with E-state index in [1.807, 2.05) is 6.20 Å². The first-order valence-corrected chi connectivity index (χ1v) is 22.8. The predicted octanol–water partition coefficient (Wildman–Crippen LogP) is 16.9. The highest BCUT2D eigenvalue weighted by atomic mass is 16.5. The summed E-state index contributed by atoms with van der Waals surface area (Å²) in [6, 6.07) is 39.7. The fourth-order valence-electron chi connectivity index (χ4n) is 9.46. The molecule has 328 valence electrons. The average molecular weight is 847 g/mol. The monoisotopic (exact) mass is 847 g/mol. The van der Waals surface area contributed by atoms with Gasteiger partial charge in [-0.25, -0.2) is 4.98 Å². The lowest BCUT2D eigenvalue weighted by molar-refractivity contribution is 0.483. The van der Waals surface area contributed by atoms with E-state index in [0.717, 1.165) is 62.0 Å². The number of rotatable bonds is 8. The van der Waals surface area contributed by atoms with Crippen molar-refractivity contribution in [3.05, 3.63) is 165 Å². The van der Waals surface area contributed by atoms with Crippen LogP contribution in [0.2, 0.25) is 0 Å². The Kier molecular flexibility index (Phi) is 11.3. The molecular weight excluding hydrogens is 781 g/mol. The second-order valence-corrected chi connectivity index (χ2v) is 21.2. The normalized spacial score (nSPS) is 12.3. The molecule has 0 fully saturated rings. The molecule has 0 bridgehead atoms. The third-order valence-electron chi connectivity index (χ3n) is 12.7. The Balaban J connectivity index is 1.31. The van der Waals surface area contributed by atoms with E-state index >= 15 is 0 Å². The molecule has 5 heteroatoms. The zero-order chi connectivity index (χ0) is 46.0. The number of anilines is 4. The number of hydrogen-bond acceptors (Lipinski definition) is 4. The smallest absolute Gasteiger partial charge is 0.137 e. The summed E-state index contributed by atoms with van der Waals surface area (Å²) in [5, 5.41) is 10.4. The number of nitrogens with one attached hydrogen (secondary N) is 2. The molecule has 0 saturated carbocycles. The first kappa shape index (κ1) is 44.3. The number of nitrogens with zero attached hydrogens (tertiary/aromatic N) is 2. The average Bonchev–Trinajstić information content (AvgIpc) is 3.52. The van der Waals surface area contributed by atoms with Gasteiger partial charge in [-0.05, 0) is 151 Å². The SMILES string of the molecule is Cc1cc(C)c(Nc2c(Nc3cc(Oc4ccc5c6ccccc6n(-c6cc(C(C)(C)C)ccn6)c5c4)ccc3-c3c(C)cc(C)cc3C)cc(C(C)(C)C)cc2C(C)(C)C)c(C)c1.